The van der Waals surface area contributed by atoms with Crippen molar-refractivity contribution >= 4 is 17.6 Å². The summed E-state index contributed by atoms with van der Waals surface area (Å²) in [5.41, 5.74) is -0.592. The Morgan fingerprint density at radius 1 is 1.74 bits per heavy atom. The number of hydrogen-bond acceptors (Lipinski definition) is 4. The average Bonchev–Trinajstić information content (AvgIpc) is 2.85. The van der Waals surface area contributed by atoms with Gasteiger partial charge in [-0.15, -0.1) is 0 Å². The number of methoxy groups -OCH3 is 1. The Labute approximate surface area is 118 Å². The molecule has 0 saturated heterocycles. The van der Waals surface area contributed by atoms with Gasteiger partial charge in [-0.3, -0.25) is 9.48 Å². The molecule has 0 aliphatic heterocycles. The lowest BCUT2D eigenvalue weighted by Crippen LogP contribution is -2.55. The quantitative estimate of drug-likeness (QED) is 0.862. The van der Waals surface area contributed by atoms with Crippen LogP contribution in [0.2, 0.25) is 5.02 Å². The van der Waals surface area contributed by atoms with Gasteiger partial charge in [-0.25, -0.2) is 0 Å². The van der Waals surface area contributed by atoms with Gasteiger partial charge in [0.15, 0.2) is 0 Å². The number of hydrogen-bond donors (Lipinski definition) is 1. The Morgan fingerprint density at radius 2 is 2.53 bits per heavy atom. The van der Waals surface area contributed by atoms with Gasteiger partial charge >= 0.3 is 5.97 Å². The minimum absolute atomic E-state index is 0.180. The van der Waals surface area contributed by atoms with Gasteiger partial charge in [0.05, 0.1) is 24.4 Å². The molecule has 106 valence electrons. The fourth-order valence-electron chi connectivity index (χ4n) is 2.94. The molecule has 1 aliphatic rings. The first-order valence-electron chi connectivity index (χ1n) is 6.64. The third-order valence-corrected chi connectivity index (χ3v) is 3.96. The molecule has 1 aromatic rings. The van der Waals surface area contributed by atoms with E-state index in [9.17, 15) is 4.79 Å². The molecule has 0 aromatic carbocycles. The number of nitrogens with zero attached hydrogens (tertiary/aromatic N) is 2. The molecular formula is C13H20ClN3O2. The predicted octanol–water partition coefficient (Wildman–Crippen LogP) is 2.17. The topological polar surface area (TPSA) is 56.1 Å². The maximum Gasteiger partial charge on any atom is 0.326 e. The molecule has 6 heteroatoms. The second kappa shape index (κ2) is 5.92. The van der Waals surface area contributed by atoms with Crippen molar-refractivity contribution < 1.29 is 9.53 Å². The Hall–Kier alpha value is -1.07. The second-order valence-electron chi connectivity index (χ2n) is 4.99. The molecule has 1 fully saturated rings. The van der Waals surface area contributed by atoms with Crippen LogP contribution in [0.15, 0.2) is 12.4 Å². The number of esters is 1. The molecule has 1 heterocycles. The van der Waals surface area contributed by atoms with Crippen molar-refractivity contribution in [3.05, 3.63) is 17.4 Å². The van der Waals surface area contributed by atoms with E-state index in [1.165, 1.54) is 7.11 Å². The van der Waals surface area contributed by atoms with Gasteiger partial charge in [-0.05, 0) is 32.2 Å². The SMILES string of the molecule is CCNC1(C(=O)OC)CCCC(n2cc(Cl)cn2)C1. The maximum absolute atomic E-state index is 12.1. The Balaban J connectivity index is 2.19. The first-order valence-corrected chi connectivity index (χ1v) is 7.02. The van der Waals surface area contributed by atoms with Gasteiger partial charge in [0, 0.05) is 6.20 Å². The highest BCUT2D eigenvalue weighted by Crippen LogP contribution is 2.36. The second-order valence-corrected chi connectivity index (χ2v) is 5.43. The van der Waals surface area contributed by atoms with Crippen LogP contribution >= 0.6 is 11.6 Å². The molecule has 0 radical (unpaired) electrons. The zero-order valence-electron chi connectivity index (χ0n) is 11.4. The highest BCUT2D eigenvalue weighted by atomic mass is 35.5. The first kappa shape index (κ1) is 14.3. The normalized spacial score (nSPS) is 27.2. The predicted molar refractivity (Wildman–Crippen MR) is 73.2 cm³/mol. The summed E-state index contributed by atoms with van der Waals surface area (Å²) in [5.74, 6) is -0.183. The van der Waals surface area contributed by atoms with E-state index in [0.29, 0.717) is 11.4 Å². The molecule has 0 amide bonds. The number of carbonyl (C=O) groups is 1. The Kier molecular flexibility index (Phi) is 4.47. The van der Waals surface area contributed by atoms with Crippen molar-refractivity contribution in [2.75, 3.05) is 13.7 Å². The summed E-state index contributed by atoms with van der Waals surface area (Å²) in [6, 6.07) is 0.180. The molecule has 2 atom stereocenters. The largest absolute Gasteiger partial charge is 0.468 e. The lowest BCUT2D eigenvalue weighted by molar-refractivity contribution is -0.150. The monoisotopic (exact) mass is 285 g/mol. The summed E-state index contributed by atoms with van der Waals surface area (Å²) in [6.45, 7) is 2.74. The Morgan fingerprint density at radius 3 is 3.11 bits per heavy atom. The highest BCUT2D eigenvalue weighted by molar-refractivity contribution is 6.30. The number of likely N-dealkylation sites (N-methyl/N-ethyl adjacent to an activating group) is 1. The van der Waals surface area contributed by atoms with Crippen LogP contribution in [0, 0.1) is 0 Å². The molecule has 1 aromatic heterocycles. The summed E-state index contributed by atoms with van der Waals surface area (Å²) in [5, 5.41) is 8.18. The van der Waals surface area contributed by atoms with E-state index in [4.69, 9.17) is 16.3 Å². The van der Waals surface area contributed by atoms with Gasteiger partial charge < -0.3 is 10.1 Å². The highest BCUT2D eigenvalue weighted by Gasteiger charge is 2.43. The van der Waals surface area contributed by atoms with Crippen LogP contribution < -0.4 is 5.32 Å². The molecule has 1 aliphatic carbocycles. The number of halogens is 1. The smallest absolute Gasteiger partial charge is 0.326 e. The van der Waals surface area contributed by atoms with E-state index >= 15 is 0 Å². The lowest BCUT2D eigenvalue weighted by Gasteiger charge is -2.39. The fraction of sp³-hybridized carbons (Fsp3) is 0.692. The van der Waals surface area contributed by atoms with E-state index < -0.39 is 5.54 Å². The van der Waals surface area contributed by atoms with Crippen LogP contribution in [-0.4, -0.2) is 34.9 Å². The van der Waals surface area contributed by atoms with Crippen molar-refractivity contribution in [2.45, 2.75) is 44.2 Å². The average molecular weight is 286 g/mol. The van der Waals surface area contributed by atoms with Gasteiger partial charge in [-0.2, -0.15) is 5.10 Å². The van der Waals surface area contributed by atoms with Gasteiger partial charge in [-0.1, -0.05) is 18.5 Å². The zero-order chi connectivity index (χ0) is 13.9. The summed E-state index contributed by atoms with van der Waals surface area (Å²) < 4.78 is 6.84. The van der Waals surface area contributed by atoms with Crippen LogP contribution in [0.5, 0.6) is 0 Å². The van der Waals surface area contributed by atoms with Gasteiger partial charge in [0.2, 0.25) is 0 Å². The number of nitrogens with one attached hydrogen (secondary N) is 1. The molecule has 5 nitrogen and oxygen atoms in total. The number of carbonyl (C=O) groups excluding carboxylic acids is 1. The summed E-state index contributed by atoms with van der Waals surface area (Å²) in [4.78, 5) is 12.1. The van der Waals surface area contributed by atoms with Crippen molar-refractivity contribution in [1.82, 2.24) is 15.1 Å². The Bertz CT molecular complexity index is 445. The first-order chi connectivity index (χ1) is 9.11. The number of ether oxygens (including phenoxy) is 1. The van der Waals surface area contributed by atoms with Crippen LogP contribution in [0.3, 0.4) is 0 Å². The molecule has 0 bridgehead atoms. The molecule has 1 N–H and O–H groups in total. The summed E-state index contributed by atoms with van der Waals surface area (Å²) in [6.07, 6.45) is 6.89. The van der Waals surface area contributed by atoms with Crippen molar-refractivity contribution in [3.63, 3.8) is 0 Å². The minimum Gasteiger partial charge on any atom is -0.468 e. The molecule has 1 saturated carbocycles. The maximum atomic E-state index is 12.1. The molecule has 19 heavy (non-hydrogen) atoms. The van der Waals surface area contributed by atoms with E-state index in [2.05, 4.69) is 10.4 Å². The molecule has 2 unspecified atom stereocenters. The zero-order valence-corrected chi connectivity index (χ0v) is 12.1. The molecule has 0 spiro atoms. The van der Waals surface area contributed by atoms with Crippen molar-refractivity contribution in [3.8, 4) is 0 Å². The van der Waals surface area contributed by atoms with Gasteiger partial charge in [0.1, 0.15) is 5.54 Å². The van der Waals surface area contributed by atoms with Crippen LogP contribution in [-0.2, 0) is 9.53 Å². The van der Waals surface area contributed by atoms with Crippen LogP contribution in [0.1, 0.15) is 38.6 Å². The van der Waals surface area contributed by atoms with E-state index in [1.54, 1.807) is 6.20 Å². The van der Waals surface area contributed by atoms with E-state index in [0.717, 1.165) is 25.8 Å². The fourth-order valence-corrected chi connectivity index (χ4v) is 3.08. The summed E-state index contributed by atoms with van der Waals surface area (Å²) >= 11 is 5.91. The van der Waals surface area contributed by atoms with Crippen molar-refractivity contribution in [2.24, 2.45) is 0 Å². The van der Waals surface area contributed by atoms with Crippen molar-refractivity contribution in [1.29, 1.82) is 0 Å². The van der Waals surface area contributed by atoms with Crippen LogP contribution in [0.4, 0.5) is 0 Å². The third-order valence-electron chi connectivity index (χ3n) is 3.76. The third kappa shape index (κ3) is 2.92. The van der Waals surface area contributed by atoms with Crippen LogP contribution in [0.25, 0.3) is 0 Å². The van der Waals surface area contributed by atoms with E-state index in [-0.39, 0.29) is 12.0 Å². The summed E-state index contributed by atoms with van der Waals surface area (Å²) in [7, 11) is 1.44. The molecular weight excluding hydrogens is 266 g/mol. The molecule has 2 rings (SSSR count). The number of rotatable bonds is 4. The minimum atomic E-state index is -0.592. The lowest BCUT2D eigenvalue weighted by atomic mass is 9.79. The number of aromatic nitrogens is 2. The van der Waals surface area contributed by atoms with Gasteiger partial charge in [0.25, 0.3) is 0 Å². The standard InChI is InChI=1S/C13H20ClN3O2/c1-3-15-13(12(18)19-2)6-4-5-11(7-13)17-9-10(14)8-16-17/h8-9,11,15H,3-7H2,1-2H3. The van der Waals surface area contributed by atoms with E-state index in [1.807, 2.05) is 17.8 Å².